The summed E-state index contributed by atoms with van der Waals surface area (Å²) < 4.78 is 0. The summed E-state index contributed by atoms with van der Waals surface area (Å²) in [6, 6.07) is 10.1. The second-order valence-corrected chi connectivity index (χ2v) is 5.71. The number of thiocarbonyl (C=S) groups is 1. The molecule has 0 aliphatic rings. The van der Waals surface area contributed by atoms with Gasteiger partial charge in [-0.1, -0.05) is 56.4 Å². The molecule has 0 fully saturated rings. The highest BCUT2D eigenvalue weighted by atomic mass is 32.2. The average Bonchev–Trinajstić information content (AvgIpc) is 2.28. The van der Waals surface area contributed by atoms with E-state index in [9.17, 15) is 0 Å². The Labute approximate surface area is 107 Å². The van der Waals surface area contributed by atoms with Crippen LogP contribution in [0.4, 0.5) is 0 Å². The fourth-order valence-corrected chi connectivity index (χ4v) is 2.36. The van der Waals surface area contributed by atoms with Crippen LogP contribution in [-0.2, 0) is 0 Å². The Morgan fingerprint density at radius 2 is 1.94 bits per heavy atom. The normalized spacial score (nSPS) is 11.6. The van der Waals surface area contributed by atoms with Crippen molar-refractivity contribution < 1.29 is 0 Å². The lowest BCUT2D eigenvalue weighted by atomic mass is 10.1. The molecule has 1 rings (SSSR count). The van der Waals surface area contributed by atoms with E-state index < -0.39 is 0 Å². The molecular weight excluding hydrogens is 234 g/mol. The first kappa shape index (κ1) is 13.3. The molecule has 0 amide bonds. The molecule has 86 valence electrons. The molecule has 0 atom stereocenters. The average molecular weight is 251 g/mol. The highest BCUT2D eigenvalue weighted by Gasteiger charge is 2.02. The number of rotatable bonds is 5. The Bertz CT molecular complexity index is 369. The van der Waals surface area contributed by atoms with Crippen LogP contribution in [0.3, 0.4) is 0 Å². The van der Waals surface area contributed by atoms with Crippen molar-refractivity contribution in [3.05, 3.63) is 47.0 Å². The van der Waals surface area contributed by atoms with Gasteiger partial charge < -0.3 is 5.32 Å². The van der Waals surface area contributed by atoms with Crippen LogP contribution in [0.5, 0.6) is 0 Å². The molecular formula is C13H17NS2. The maximum absolute atomic E-state index is 5.39. The molecule has 1 N–H and O–H groups in total. The van der Waals surface area contributed by atoms with E-state index in [1.165, 1.54) is 0 Å². The van der Waals surface area contributed by atoms with E-state index in [-0.39, 0.29) is 0 Å². The van der Waals surface area contributed by atoms with Crippen molar-refractivity contribution in [2.75, 3.05) is 7.05 Å². The van der Waals surface area contributed by atoms with Crippen molar-refractivity contribution >= 4 is 28.8 Å². The Kier molecular flexibility index (Phi) is 5.56. The van der Waals surface area contributed by atoms with Gasteiger partial charge in [-0.15, -0.1) is 11.8 Å². The molecule has 0 aliphatic carbocycles. The van der Waals surface area contributed by atoms with Crippen LogP contribution in [0.2, 0.25) is 0 Å². The van der Waals surface area contributed by atoms with Crippen molar-refractivity contribution in [2.24, 2.45) is 0 Å². The number of benzene rings is 1. The molecule has 16 heavy (non-hydrogen) atoms. The zero-order chi connectivity index (χ0) is 12.0. The van der Waals surface area contributed by atoms with Gasteiger partial charge >= 0.3 is 0 Å². The lowest BCUT2D eigenvalue weighted by Gasteiger charge is -2.09. The van der Waals surface area contributed by atoms with Crippen molar-refractivity contribution in [3.8, 4) is 0 Å². The number of nitrogens with one attached hydrogen (secondary N) is 1. The van der Waals surface area contributed by atoms with Gasteiger partial charge in [-0.3, -0.25) is 0 Å². The fraction of sp³-hybridized carbons (Fsp3) is 0.308. The summed E-state index contributed by atoms with van der Waals surface area (Å²) in [5.41, 5.74) is 1.09. The van der Waals surface area contributed by atoms with E-state index in [0.717, 1.165) is 15.5 Å². The number of allylic oxidation sites excluding steroid dienone is 1. The fourth-order valence-electron chi connectivity index (χ4n) is 1.22. The minimum absolute atomic E-state index is 0.553. The molecule has 0 spiro atoms. The Balaban J connectivity index is 2.78. The molecule has 0 heterocycles. The second kappa shape index (κ2) is 6.71. The summed E-state index contributed by atoms with van der Waals surface area (Å²) in [4.78, 5) is 0.873. The van der Waals surface area contributed by atoms with Crippen LogP contribution in [0.1, 0.15) is 19.4 Å². The van der Waals surface area contributed by atoms with Gasteiger partial charge in [0.25, 0.3) is 0 Å². The van der Waals surface area contributed by atoms with Crippen molar-refractivity contribution in [3.63, 3.8) is 0 Å². The highest BCUT2D eigenvalue weighted by molar-refractivity contribution is 8.03. The van der Waals surface area contributed by atoms with Gasteiger partial charge in [-0.05, 0) is 11.6 Å². The summed E-state index contributed by atoms with van der Waals surface area (Å²) in [6.07, 6.45) is 2.02. The van der Waals surface area contributed by atoms with E-state index >= 15 is 0 Å². The van der Waals surface area contributed by atoms with Gasteiger partial charge in [0.2, 0.25) is 0 Å². The quantitative estimate of drug-likeness (QED) is 0.488. The van der Waals surface area contributed by atoms with Crippen LogP contribution in [0.15, 0.2) is 41.4 Å². The number of thioether (sulfide) groups is 1. The molecule has 3 heteroatoms. The van der Waals surface area contributed by atoms with Gasteiger partial charge in [0, 0.05) is 17.2 Å². The topological polar surface area (TPSA) is 12.0 Å². The molecule has 0 saturated heterocycles. The van der Waals surface area contributed by atoms with Gasteiger partial charge in [0.05, 0.1) is 5.03 Å². The predicted molar refractivity (Wildman–Crippen MR) is 78.0 cm³/mol. The van der Waals surface area contributed by atoms with Crippen LogP contribution < -0.4 is 5.32 Å². The van der Waals surface area contributed by atoms with Crippen LogP contribution in [0.25, 0.3) is 0 Å². The largest absolute Gasteiger partial charge is 0.383 e. The molecule has 1 aromatic carbocycles. The SMILES string of the molecule is CNC(=CC(=S)c1ccccc1)SC(C)C. The smallest absolute Gasteiger partial charge is 0.0695 e. The molecule has 0 aromatic heterocycles. The maximum atomic E-state index is 5.39. The third-order valence-electron chi connectivity index (χ3n) is 1.93. The predicted octanol–water partition coefficient (Wildman–Crippen LogP) is 3.61. The van der Waals surface area contributed by atoms with Crippen LogP contribution in [-0.4, -0.2) is 17.2 Å². The second-order valence-electron chi connectivity index (χ2n) is 3.66. The summed E-state index contributed by atoms with van der Waals surface area (Å²) in [5.74, 6) is 0. The van der Waals surface area contributed by atoms with E-state index in [2.05, 4.69) is 19.2 Å². The first-order valence-electron chi connectivity index (χ1n) is 5.29. The van der Waals surface area contributed by atoms with Crippen molar-refractivity contribution in [2.45, 2.75) is 19.1 Å². The van der Waals surface area contributed by atoms with E-state index in [4.69, 9.17) is 12.2 Å². The van der Waals surface area contributed by atoms with E-state index in [0.29, 0.717) is 5.25 Å². The molecule has 0 radical (unpaired) electrons. The minimum atomic E-state index is 0.553. The monoisotopic (exact) mass is 251 g/mol. The molecule has 0 unspecified atom stereocenters. The minimum Gasteiger partial charge on any atom is -0.383 e. The van der Waals surface area contributed by atoms with Crippen molar-refractivity contribution in [1.29, 1.82) is 0 Å². The molecule has 0 aliphatic heterocycles. The van der Waals surface area contributed by atoms with Crippen LogP contribution >= 0.6 is 24.0 Å². The summed E-state index contributed by atoms with van der Waals surface area (Å²) in [5, 5.41) is 4.84. The molecule has 1 aromatic rings. The highest BCUT2D eigenvalue weighted by Crippen LogP contribution is 2.19. The Hall–Kier alpha value is -0.800. The third-order valence-corrected chi connectivity index (χ3v) is 3.33. The first-order chi connectivity index (χ1) is 7.63. The summed E-state index contributed by atoms with van der Waals surface area (Å²) in [6.45, 7) is 4.34. The lowest BCUT2D eigenvalue weighted by Crippen LogP contribution is -2.07. The van der Waals surface area contributed by atoms with E-state index in [1.54, 1.807) is 11.8 Å². The summed E-state index contributed by atoms with van der Waals surface area (Å²) in [7, 11) is 1.93. The molecule has 1 nitrogen and oxygen atoms in total. The zero-order valence-corrected chi connectivity index (χ0v) is 11.5. The number of hydrogen-bond acceptors (Lipinski definition) is 3. The summed E-state index contributed by atoms with van der Waals surface area (Å²) >= 11 is 7.17. The van der Waals surface area contributed by atoms with E-state index in [1.807, 2.05) is 43.5 Å². The van der Waals surface area contributed by atoms with Gasteiger partial charge in [0.15, 0.2) is 0 Å². The van der Waals surface area contributed by atoms with Gasteiger partial charge in [0.1, 0.15) is 0 Å². The van der Waals surface area contributed by atoms with Gasteiger partial charge in [-0.25, -0.2) is 0 Å². The molecule has 0 saturated carbocycles. The van der Waals surface area contributed by atoms with Gasteiger partial charge in [-0.2, -0.15) is 0 Å². The number of hydrogen-bond donors (Lipinski definition) is 1. The maximum Gasteiger partial charge on any atom is 0.0695 e. The van der Waals surface area contributed by atoms with Crippen LogP contribution in [0, 0.1) is 0 Å². The third kappa shape index (κ3) is 4.37. The first-order valence-corrected chi connectivity index (χ1v) is 6.57. The standard InChI is InChI=1S/C13H17NS2/c1-10(2)16-13(14-3)9-12(15)11-7-5-4-6-8-11/h4-10,14H,1-3H3. The molecule has 0 bridgehead atoms. The Morgan fingerprint density at radius 3 is 2.44 bits per heavy atom. The zero-order valence-electron chi connectivity index (χ0n) is 9.86. The van der Waals surface area contributed by atoms with Crippen molar-refractivity contribution in [1.82, 2.24) is 5.32 Å². The Morgan fingerprint density at radius 1 is 1.31 bits per heavy atom. The lowest BCUT2D eigenvalue weighted by molar-refractivity contribution is 1.06.